The molecule has 2 heteroatoms. The molecule has 1 aliphatic rings. The van der Waals surface area contributed by atoms with Crippen molar-refractivity contribution < 1.29 is 0 Å². The monoisotopic (exact) mass is 212 g/mol. The predicted octanol–water partition coefficient (Wildman–Crippen LogP) is 2.49. The SMILES string of the molecule is CCN(CC(C)(C)CNC(C)C)C1CC1. The number of hydrogen-bond donors (Lipinski definition) is 1. The van der Waals surface area contributed by atoms with Crippen LogP contribution in [-0.4, -0.2) is 36.6 Å². The molecule has 0 bridgehead atoms. The quantitative estimate of drug-likeness (QED) is 0.697. The summed E-state index contributed by atoms with van der Waals surface area (Å²) < 4.78 is 0. The van der Waals surface area contributed by atoms with E-state index < -0.39 is 0 Å². The molecule has 1 aliphatic carbocycles. The highest BCUT2D eigenvalue weighted by Gasteiger charge is 2.31. The molecule has 0 atom stereocenters. The molecule has 1 N–H and O–H groups in total. The van der Waals surface area contributed by atoms with Gasteiger partial charge in [-0.25, -0.2) is 0 Å². The normalized spacial score (nSPS) is 17.8. The molecule has 1 rings (SSSR count). The molecule has 0 aromatic carbocycles. The Labute approximate surface area is 95.4 Å². The fourth-order valence-electron chi connectivity index (χ4n) is 2.02. The number of nitrogens with zero attached hydrogens (tertiary/aromatic N) is 1. The van der Waals surface area contributed by atoms with Gasteiger partial charge in [0, 0.05) is 25.2 Å². The summed E-state index contributed by atoms with van der Waals surface area (Å²) in [6.07, 6.45) is 2.84. The van der Waals surface area contributed by atoms with E-state index in [0.717, 1.165) is 12.6 Å². The Hall–Kier alpha value is -0.0800. The van der Waals surface area contributed by atoms with Gasteiger partial charge in [-0.15, -0.1) is 0 Å². The molecule has 0 unspecified atom stereocenters. The van der Waals surface area contributed by atoms with E-state index in [-0.39, 0.29) is 0 Å². The zero-order valence-corrected chi connectivity index (χ0v) is 11.1. The molecule has 0 amide bonds. The van der Waals surface area contributed by atoms with Crippen LogP contribution in [0.3, 0.4) is 0 Å². The minimum atomic E-state index is 0.392. The van der Waals surface area contributed by atoms with Gasteiger partial charge in [0.05, 0.1) is 0 Å². The lowest BCUT2D eigenvalue weighted by molar-refractivity contribution is 0.171. The molecule has 90 valence electrons. The van der Waals surface area contributed by atoms with Crippen LogP contribution in [0.25, 0.3) is 0 Å². The summed E-state index contributed by atoms with van der Waals surface area (Å²) in [5.74, 6) is 0. The van der Waals surface area contributed by atoms with Crippen LogP contribution >= 0.6 is 0 Å². The van der Waals surface area contributed by atoms with E-state index in [1.807, 2.05) is 0 Å². The largest absolute Gasteiger partial charge is 0.314 e. The first-order valence-corrected chi connectivity index (χ1v) is 6.42. The lowest BCUT2D eigenvalue weighted by atomic mass is 9.92. The third-order valence-electron chi connectivity index (χ3n) is 3.09. The zero-order valence-electron chi connectivity index (χ0n) is 11.1. The Bertz CT molecular complexity index is 183. The first kappa shape index (κ1) is 13.0. The zero-order chi connectivity index (χ0) is 11.5. The fraction of sp³-hybridized carbons (Fsp3) is 1.00. The molecule has 0 saturated heterocycles. The van der Waals surface area contributed by atoms with E-state index in [1.165, 1.54) is 25.9 Å². The van der Waals surface area contributed by atoms with Crippen LogP contribution in [-0.2, 0) is 0 Å². The molecule has 15 heavy (non-hydrogen) atoms. The van der Waals surface area contributed by atoms with Crippen molar-refractivity contribution >= 4 is 0 Å². The highest BCUT2D eigenvalue weighted by Crippen LogP contribution is 2.29. The fourth-order valence-corrected chi connectivity index (χ4v) is 2.02. The molecular formula is C13H28N2. The summed E-state index contributed by atoms with van der Waals surface area (Å²) in [7, 11) is 0. The lowest BCUT2D eigenvalue weighted by Gasteiger charge is -2.33. The smallest absolute Gasteiger partial charge is 0.00965 e. The molecule has 0 aromatic rings. The van der Waals surface area contributed by atoms with Crippen LogP contribution in [0.5, 0.6) is 0 Å². The Morgan fingerprint density at radius 2 is 1.93 bits per heavy atom. The van der Waals surface area contributed by atoms with Gasteiger partial charge in [0.15, 0.2) is 0 Å². The standard InChI is InChI=1S/C13H28N2/c1-6-15(12-7-8-12)10-13(4,5)9-14-11(2)3/h11-12,14H,6-10H2,1-5H3. The predicted molar refractivity (Wildman–Crippen MR) is 67.2 cm³/mol. The number of nitrogens with one attached hydrogen (secondary N) is 1. The first-order valence-electron chi connectivity index (χ1n) is 6.42. The topological polar surface area (TPSA) is 15.3 Å². The van der Waals surface area contributed by atoms with Gasteiger partial charge in [0.25, 0.3) is 0 Å². The van der Waals surface area contributed by atoms with Gasteiger partial charge in [-0.2, -0.15) is 0 Å². The maximum atomic E-state index is 3.55. The minimum Gasteiger partial charge on any atom is -0.314 e. The van der Waals surface area contributed by atoms with E-state index in [9.17, 15) is 0 Å². The Morgan fingerprint density at radius 1 is 1.33 bits per heavy atom. The second kappa shape index (κ2) is 5.31. The average molecular weight is 212 g/mol. The first-order chi connectivity index (χ1) is 6.94. The summed E-state index contributed by atoms with van der Waals surface area (Å²) in [5, 5.41) is 3.55. The van der Waals surface area contributed by atoms with Crippen molar-refractivity contribution in [1.29, 1.82) is 0 Å². The van der Waals surface area contributed by atoms with Gasteiger partial charge < -0.3 is 10.2 Å². The van der Waals surface area contributed by atoms with Crippen molar-refractivity contribution in [2.75, 3.05) is 19.6 Å². The van der Waals surface area contributed by atoms with E-state index >= 15 is 0 Å². The maximum Gasteiger partial charge on any atom is 0.00965 e. The van der Waals surface area contributed by atoms with E-state index in [2.05, 4.69) is 44.8 Å². The van der Waals surface area contributed by atoms with Crippen LogP contribution in [0.4, 0.5) is 0 Å². The van der Waals surface area contributed by atoms with Crippen LogP contribution in [0.2, 0.25) is 0 Å². The van der Waals surface area contributed by atoms with E-state index in [1.54, 1.807) is 0 Å². The maximum absolute atomic E-state index is 3.55. The lowest BCUT2D eigenvalue weighted by Crippen LogP contribution is -2.43. The van der Waals surface area contributed by atoms with Gasteiger partial charge >= 0.3 is 0 Å². The van der Waals surface area contributed by atoms with Crippen molar-refractivity contribution in [2.24, 2.45) is 5.41 Å². The summed E-state index contributed by atoms with van der Waals surface area (Å²) in [6.45, 7) is 15.0. The molecule has 1 saturated carbocycles. The van der Waals surface area contributed by atoms with Crippen molar-refractivity contribution in [3.8, 4) is 0 Å². The van der Waals surface area contributed by atoms with Gasteiger partial charge in [0.1, 0.15) is 0 Å². The third kappa shape index (κ3) is 4.98. The second-order valence-electron chi connectivity index (χ2n) is 5.99. The van der Waals surface area contributed by atoms with Gasteiger partial charge in [-0.05, 0) is 24.8 Å². The van der Waals surface area contributed by atoms with Crippen molar-refractivity contribution in [3.63, 3.8) is 0 Å². The van der Waals surface area contributed by atoms with Gasteiger partial charge in [-0.3, -0.25) is 0 Å². The Balaban J connectivity index is 2.32. The summed E-state index contributed by atoms with van der Waals surface area (Å²) >= 11 is 0. The van der Waals surface area contributed by atoms with Crippen LogP contribution in [0, 0.1) is 5.41 Å². The summed E-state index contributed by atoms with van der Waals surface area (Å²) in [5.41, 5.74) is 0.392. The molecule has 1 fully saturated rings. The van der Waals surface area contributed by atoms with E-state index in [4.69, 9.17) is 0 Å². The van der Waals surface area contributed by atoms with Crippen LogP contribution in [0.15, 0.2) is 0 Å². The highest BCUT2D eigenvalue weighted by atomic mass is 15.2. The molecule has 0 heterocycles. The van der Waals surface area contributed by atoms with Gasteiger partial charge in [-0.1, -0.05) is 34.6 Å². The highest BCUT2D eigenvalue weighted by molar-refractivity contribution is 4.87. The summed E-state index contributed by atoms with van der Waals surface area (Å²) in [6, 6.07) is 1.49. The van der Waals surface area contributed by atoms with Gasteiger partial charge in [0.2, 0.25) is 0 Å². The Morgan fingerprint density at radius 3 is 2.33 bits per heavy atom. The molecule has 0 radical (unpaired) electrons. The average Bonchev–Trinajstić information content (AvgIpc) is 2.94. The molecule has 0 spiro atoms. The number of hydrogen-bond acceptors (Lipinski definition) is 2. The molecule has 2 nitrogen and oxygen atoms in total. The minimum absolute atomic E-state index is 0.392. The van der Waals surface area contributed by atoms with E-state index in [0.29, 0.717) is 11.5 Å². The molecule has 0 aliphatic heterocycles. The van der Waals surface area contributed by atoms with Crippen LogP contribution in [0.1, 0.15) is 47.5 Å². The molecular weight excluding hydrogens is 184 g/mol. The van der Waals surface area contributed by atoms with Crippen molar-refractivity contribution in [3.05, 3.63) is 0 Å². The summed E-state index contributed by atoms with van der Waals surface area (Å²) in [4.78, 5) is 2.64. The van der Waals surface area contributed by atoms with Crippen molar-refractivity contribution in [1.82, 2.24) is 10.2 Å². The van der Waals surface area contributed by atoms with Crippen LogP contribution < -0.4 is 5.32 Å². The van der Waals surface area contributed by atoms with Crippen molar-refractivity contribution in [2.45, 2.75) is 59.5 Å². The molecule has 0 aromatic heterocycles. The third-order valence-corrected chi connectivity index (χ3v) is 3.09. The Kier molecular flexibility index (Phi) is 4.60. The number of rotatable bonds is 7. The second-order valence-corrected chi connectivity index (χ2v) is 5.99.